The Morgan fingerprint density at radius 1 is 1.23 bits per heavy atom. The van der Waals surface area contributed by atoms with Gasteiger partial charge < -0.3 is 15.3 Å². The summed E-state index contributed by atoms with van der Waals surface area (Å²) in [5, 5.41) is 12.7. The Labute approximate surface area is 132 Å². The SMILES string of the molecule is CCCNC(=O)c1cccc(C(=O)N(CC)CC(C)(C)O)c1. The number of nitrogens with zero attached hydrogens (tertiary/aromatic N) is 1. The number of benzene rings is 1. The lowest BCUT2D eigenvalue weighted by molar-refractivity contribution is 0.0314. The van der Waals surface area contributed by atoms with Crippen molar-refractivity contribution in [2.45, 2.75) is 39.7 Å². The van der Waals surface area contributed by atoms with Gasteiger partial charge >= 0.3 is 0 Å². The Morgan fingerprint density at radius 3 is 2.41 bits per heavy atom. The third-order valence-corrected chi connectivity index (χ3v) is 3.15. The monoisotopic (exact) mass is 306 g/mol. The van der Waals surface area contributed by atoms with Crippen molar-refractivity contribution < 1.29 is 14.7 Å². The zero-order valence-corrected chi connectivity index (χ0v) is 13.8. The molecule has 0 aliphatic rings. The highest BCUT2D eigenvalue weighted by molar-refractivity contribution is 5.99. The van der Waals surface area contributed by atoms with Crippen LogP contribution >= 0.6 is 0 Å². The van der Waals surface area contributed by atoms with Crippen LogP contribution in [0.2, 0.25) is 0 Å². The topological polar surface area (TPSA) is 69.6 Å². The van der Waals surface area contributed by atoms with E-state index in [-0.39, 0.29) is 18.4 Å². The van der Waals surface area contributed by atoms with Gasteiger partial charge in [-0.2, -0.15) is 0 Å². The molecule has 2 amide bonds. The zero-order chi connectivity index (χ0) is 16.8. The van der Waals surface area contributed by atoms with E-state index in [1.54, 1.807) is 43.0 Å². The summed E-state index contributed by atoms with van der Waals surface area (Å²) in [4.78, 5) is 26.1. The molecule has 0 heterocycles. The molecule has 0 radical (unpaired) electrons. The first-order chi connectivity index (χ1) is 10.3. The second-order valence-corrected chi connectivity index (χ2v) is 5.97. The van der Waals surface area contributed by atoms with Gasteiger partial charge in [-0.15, -0.1) is 0 Å². The van der Waals surface area contributed by atoms with E-state index < -0.39 is 5.60 Å². The lowest BCUT2D eigenvalue weighted by Crippen LogP contribution is -2.42. The number of rotatable bonds is 7. The Hall–Kier alpha value is -1.88. The maximum Gasteiger partial charge on any atom is 0.253 e. The molecule has 1 aromatic carbocycles. The molecule has 1 aromatic rings. The fourth-order valence-electron chi connectivity index (χ4n) is 2.11. The first kappa shape index (κ1) is 18.2. The molecule has 0 bridgehead atoms. The summed E-state index contributed by atoms with van der Waals surface area (Å²) in [5.74, 6) is -0.364. The number of carbonyl (C=O) groups is 2. The van der Waals surface area contributed by atoms with Crippen molar-refractivity contribution in [3.05, 3.63) is 35.4 Å². The van der Waals surface area contributed by atoms with Crippen LogP contribution in [-0.2, 0) is 0 Å². The van der Waals surface area contributed by atoms with Gasteiger partial charge in [0.25, 0.3) is 11.8 Å². The smallest absolute Gasteiger partial charge is 0.253 e. The van der Waals surface area contributed by atoms with Gasteiger partial charge in [0.05, 0.1) is 5.60 Å². The summed E-state index contributed by atoms with van der Waals surface area (Å²) in [7, 11) is 0. The van der Waals surface area contributed by atoms with Crippen LogP contribution in [0.25, 0.3) is 0 Å². The third-order valence-electron chi connectivity index (χ3n) is 3.15. The molecule has 0 aromatic heterocycles. The molecule has 0 spiro atoms. The molecule has 0 aliphatic carbocycles. The fraction of sp³-hybridized carbons (Fsp3) is 0.529. The van der Waals surface area contributed by atoms with Gasteiger partial charge in [0.2, 0.25) is 0 Å². The van der Waals surface area contributed by atoms with Crippen LogP contribution in [0.15, 0.2) is 24.3 Å². The van der Waals surface area contributed by atoms with E-state index in [2.05, 4.69) is 5.32 Å². The molecule has 5 nitrogen and oxygen atoms in total. The molecule has 0 fully saturated rings. The van der Waals surface area contributed by atoms with Crippen LogP contribution in [0.5, 0.6) is 0 Å². The molecule has 5 heteroatoms. The highest BCUT2D eigenvalue weighted by Gasteiger charge is 2.22. The molecule has 0 saturated heterocycles. The molecule has 0 saturated carbocycles. The number of hydrogen-bond acceptors (Lipinski definition) is 3. The summed E-state index contributed by atoms with van der Waals surface area (Å²) in [6.07, 6.45) is 0.861. The lowest BCUT2D eigenvalue weighted by Gasteiger charge is -2.28. The highest BCUT2D eigenvalue weighted by atomic mass is 16.3. The van der Waals surface area contributed by atoms with E-state index >= 15 is 0 Å². The maximum atomic E-state index is 12.5. The van der Waals surface area contributed by atoms with Crippen LogP contribution in [-0.4, -0.2) is 47.1 Å². The zero-order valence-electron chi connectivity index (χ0n) is 13.8. The predicted molar refractivity (Wildman–Crippen MR) is 86.9 cm³/mol. The van der Waals surface area contributed by atoms with E-state index in [4.69, 9.17) is 0 Å². The largest absolute Gasteiger partial charge is 0.389 e. The van der Waals surface area contributed by atoms with Crippen LogP contribution in [0.1, 0.15) is 54.8 Å². The molecule has 22 heavy (non-hydrogen) atoms. The standard InChI is InChI=1S/C17H26N2O3/c1-5-10-18-15(20)13-8-7-9-14(11-13)16(21)19(6-2)12-17(3,4)22/h7-9,11,22H,5-6,10,12H2,1-4H3,(H,18,20). The normalized spacial score (nSPS) is 11.1. The summed E-state index contributed by atoms with van der Waals surface area (Å²) in [6.45, 7) is 8.52. The molecule has 2 N–H and O–H groups in total. The summed E-state index contributed by atoms with van der Waals surface area (Å²) in [5.41, 5.74) is -0.0317. The van der Waals surface area contributed by atoms with Crippen molar-refractivity contribution in [1.29, 1.82) is 0 Å². The van der Waals surface area contributed by atoms with Gasteiger partial charge in [0.1, 0.15) is 0 Å². The average Bonchev–Trinajstić information content (AvgIpc) is 2.48. The van der Waals surface area contributed by atoms with E-state index in [0.717, 1.165) is 6.42 Å². The summed E-state index contributed by atoms with van der Waals surface area (Å²) < 4.78 is 0. The van der Waals surface area contributed by atoms with Crippen molar-refractivity contribution in [2.75, 3.05) is 19.6 Å². The highest BCUT2D eigenvalue weighted by Crippen LogP contribution is 2.12. The van der Waals surface area contributed by atoms with Crippen LogP contribution in [0.3, 0.4) is 0 Å². The van der Waals surface area contributed by atoms with Crippen molar-refractivity contribution in [1.82, 2.24) is 10.2 Å². The second-order valence-electron chi connectivity index (χ2n) is 5.97. The van der Waals surface area contributed by atoms with Crippen molar-refractivity contribution in [3.63, 3.8) is 0 Å². The minimum atomic E-state index is -0.957. The molecular weight excluding hydrogens is 280 g/mol. The van der Waals surface area contributed by atoms with Gasteiger partial charge in [0.15, 0.2) is 0 Å². The molecule has 122 valence electrons. The predicted octanol–water partition coefficient (Wildman–Crippen LogP) is 2.06. The van der Waals surface area contributed by atoms with Gasteiger partial charge in [-0.3, -0.25) is 9.59 Å². The quantitative estimate of drug-likeness (QED) is 0.810. The van der Waals surface area contributed by atoms with Crippen LogP contribution < -0.4 is 5.32 Å². The average molecular weight is 306 g/mol. The Bertz CT molecular complexity index is 521. The maximum absolute atomic E-state index is 12.5. The second kappa shape index (κ2) is 7.94. The van der Waals surface area contributed by atoms with E-state index in [0.29, 0.717) is 24.2 Å². The van der Waals surface area contributed by atoms with Gasteiger partial charge in [-0.1, -0.05) is 13.0 Å². The fourth-order valence-corrected chi connectivity index (χ4v) is 2.11. The van der Waals surface area contributed by atoms with E-state index in [9.17, 15) is 14.7 Å². The molecule has 1 rings (SSSR count). The molecule has 0 aliphatic heterocycles. The molecular formula is C17H26N2O3. The van der Waals surface area contributed by atoms with E-state index in [1.165, 1.54) is 0 Å². The number of carbonyl (C=O) groups excluding carboxylic acids is 2. The summed E-state index contributed by atoms with van der Waals surface area (Å²) in [6, 6.07) is 6.67. The minimum absolute atomic E-state index is 0.179. The molecule has 0 atom stereocenters. The van der Waals surface area contributed by atoms with Gasteiger partial charge in [-0.05, 0) is 45.4 Å². The third kappa shape index (κ3) is 5.48. The number of hydrogen-bond donors (Lipinski definition) is 2. The number of amides is 2. The number of aliphatic hydroxyl groups is 1. The van der Waals surface area contributed by atoms with Crippen LogP contribution in [0, 0.1) is 0 Å². The van der Waals surface area contributed by atoms with Crippen molar-refractivity contribution >= 4 is 11.8 Å². The first-order valence-corrected chi connectivity index (χ1v) is 7.68. The van der Waals surface area contributed by atoms with Gasteiger partial charge in [0, 0.05) is 30.8 Å². The number of nitrogens with one attached hydrogen (secondary N) is 1. The van der Waals surface area contributed by atoms with Crippen molar-refractivity contribution in [3.8, 4) is 0 Å². The Morgan fingerprint density at radius 2 is 1.86 bits per heavy atom. The van der Waals surface area contributed by atoms with Crippen molar-refractivity contribution in [2.24, 2.45) is 0 Å². The van der Waals surface area contributed by atoms with E-state index in [1.807, 2.05) is 13.8 Å². The van der Waals surface area contributed by atoms with Gasteiger partial charge in [-0.25, -0.2) is 0 Å². The first-order valence-electron chi connectivity index (χ1n) is 7.68. The number of likely N-dealkylation sites (N-methyl/N-ethyl adjacent to an activating group) is 1. The Kier molecular flexibility index (Phi) is 6.56. The molecule has 0 unspecified atom stereocenters. The Balaban J connectivity index is 2.91. The minimum Gasteiger partial charge on any atom is -0.389 e. The lowest BCUT2D eigenvalue weighted by atomic mass is 10.1. The summed E-state index contributed by atoms with van der Waals surface area (Å²) >= 11 is 0. The van der Waals surface area contributed by atoms with Crippen LogP contribution in [0.4, 0.5) is 0 Å².